The molecular formula is C18H25BrIN5OS. The maximum atomic E-state index is 12.1. The number of nitrogens with zero attached hydrogens (tertiary/aromatic N) is 2. The predicted molar refractivity (Wildman–Crippen MR) is 127 cm³/mol. The number of rotatable bonds is 7. The Morgan fingerprint density at radius 2 is 2.00 bits per heavy atom. The first-order chi connectivity index (χ1) is 12.5. The van der Waals surface area contributed by atoms with Crippen molar-refractivity contribution < 1.29 is 4.79 Å². The smallest absolute Gasteiger partial charge is 0.226 e. The molecule has 0 aliphatic carbocycles. The molecule has 0 atom stereocenters. The van der Waals surface area contributed by atoms with E-state index in [9.17, 15) is 4.79 Å². The van der Waals surface area contributed by atoms with E-state index in [-0.39, 0.29) is 29.9 Å². The molecule has 0 saturated carbocycles. The standard InChI is InChI=1S/C18H24BrN5OS.HI/c1-12-4-5-14(19)10-15(12)24-16(25)6-8-21-18(20-3)22-9-7-17-23-11-13(2)26-17;/h4-5,10-11H,6-9H2,1-3H3,(H,24,25)(H2,20,21,22);1H. The highest BCUT2D eigenvalue weighted by atomic mass is 127. The first kappa shape index (κ1) is 23.8. The molecule has 0 radical (unpaired) electrons. The monoisotopic (exact) mass is 565 g/mol. The van der Waals surface area contributed by atoms with Gasteiger partial charge in [-0.3, -0.25) is 9.79 Å². The number of guanidine groups is 1. The number of anilines is 1. The number of carbonyl (C=O) groups is 1. The van der Waals surface area contributed by atoms with Crippen molar-refractivity contribution in [3.8, 4) is 0 Å². The second-order valence-electron chi connectivity index (χ2n) is 5.80. The number of hydrogen-bond acceptors (Lipinski definition) is 4. The molecule has 27 heavy (non-hydrogen) atoms. The van der Waals surface area contributed by atoms with Crippen LogP contribution in [-0.2, 0) is 11.2 Å². The van der Waals surface area contributed by atoms with E-state index in [2.05, 4.69) is 48.8 Å². The van der Waals surface area contributed by atoms with Gasteiger partial charge in [-0.1, -0.05) is 22.0 Å². The van der Waals surface area contributed by atoms with Crippen LogP contribution >= 0.6 is 51.2 Å². The summed E-state index contributed by atoms with van der Waals surface area (Å²) >= 11 is 5.12. The van der Waals surface area contributed by atoms with Crippen LogP contribution in [-0.4, -0.2) is 37.0 Å². The van der Waals surface area contributed by atoms with Gasteiger partial charge in [0.15, 0.2) is 5.96 Å². The molecule has 1 amide bonds. The lowest BCUT2D eigenvalue weighted by Crippen LogP contribution is -2.39. The molecule has 0 saturated heterocycles. The number of carbonyl (C=O) groups excluding carboxylic acids is 1. The largest absolute Gasteiger partial charge is 0.356 e. The third kappa shape index (κ3) is 8.56. The van der Waals surface area contributed by atoms with Crippen LogP contribution in [0.4, 0.5) is 5.69 Å². The van der Waals surface area contributed by atoms with E-state index in [1.54, 1.807) is 18.4 Å². The molecule has 1 aromatic carbocycles. The minimum Gasteiger partial charge on any atom is -0.356 e. The Morgan fingerprint density at radius 3 is 2.67 bits per heavy atom. The Kier molecular flexibility index (Phi) is 10.9. The van der Waals surface area contributed by atoms with Gasteiger partial charge in [-0.2, -0.15) is 0 Å². The quantitative estimate of drug-likeness (QED) is 0.270. The van der Waals surface area contributed by atoms with Crippen molar-refractivity contribution in [2.24, 2.45) is 4.99 Å². The van der Waals surface area contributed by atoms with Crippen LogP contribution in [0.25, 0.3) is 0 Å². The minimum absolute atomic E-state index is 0. The topological polar surface area (TPSA) is 78.4 Å². The number of aliphatic imine (C=N–C) groups is 1. The van der Waals surface area contributed by atoms with E-state index in [4.69, 9.17) is 0 Å². The zero-order valence-corrected chi connectivity index (χ0v) is 20.4. The average molecular weight is 566 g/mol. The summed E-state index contributed by atoms with van der Waals surface area (Å²) in [5, 5.41) is 10.4. The fourth-order valence-electron chi connectivity index (χ4n) is 2.26. The van der Waals surface area contributed by atoms with Gasteiger partial charge in [0.1, 0.15) is 0 Å². The van der Waals surface area contributed by atoms with Crippen molar-refractivity contribution >= 4 is 68.8 Å². The lowest BCUT2D eigenvalue weighted by atomic mass is 10.2. The highest BCUT2D eigenvalue weighted by molar-refractivity contribution is 14.0. The predicted octanol–water partition coefficient (Wildman–Crippen LogP) is 3.88. The van der Waals surface area contributed by atoms with E-state index in [1.807, 2.05) is 31.3 Å². The number of benzene rings is 1. The highest BCUT2D eigenvalue weighted by Gasteiger charge is 2.06. The van der Waals surface area contributed by atoms with Crippen LogP contribution in [0.3, 0.4) is 0 Å². The SMILES string of the molecule is CN=C(NCCC(=O)Nc1cc(Br)ccc1C)NCCc1ncc(C)s1.I. The van der Waals surface area contributed by atoms with Gasteiger partial charge in [-0.15, -0.1) is 35.3 Å². The zero-order chi connectivity index (χ0) is 18.9. The molecule has 0 aliphatic heterocycles. The van der Waals surface area contributed by atoms with Crippen molar-refractivity contribution in [1.29, 1.82) is 0 Å². The summed E-state index contributed by atoms with van der Waals surface area (Å²) in [6.07, 6.45) is 3.10. The fourth-order valence-corrected chi connectivity index (χ4v) is 3.41. The Morgan fingerprint density at radius 1 is 1.26 bits per heavy atom. The van der Waals surface area contributed by atoms with Gasteiger partial charge >= 0.3 is 0 Å². The van der Waals surface area contributed by atoms with E-state index < -0.39 is 0 Å². The van der Waals surface area contributed by atoms with Crippen LogP contribution in [0.15, 0.2) is 33.9 Å². The van der Waals surface area contributed by atoms with Crippen LogP contribution in [0, 0.1) is 13.8 Å². The van der Waals surface area contributed by atoms with Gasteiger partial charge in [0.2, 0.25) is 5.91 Å². The maximum absolute atomic E-state index is 12.1. The van der Waals surface area contributed by atoms with Gasteiger partial charge in [-0.05, 0) is 31.5 Å². The number of hydrogen-bond donors (Lipinski definition) is 3. The Balaban J connectivity index is 0.00000364. The molecule has 0 spiro atoms. The molecule has 6 nitrogen and oxygen atoms in total. The molecule has 0 bridgehead atoms. The van der Waals surface area contributed by atoms with Gasteiger partial charge < -0.3 is 16.0 Å². The van der Waals surface area contributed by atoms with E-state index in [0.717, 1.165) is 33.7 Å². The highest BCUT2D eigenvalue weighted by Crippen LogP contribution is 2.20. The number of amides is 1. The second-order valence-corrected chi connectivity index (χ2v) is 8.03. The van der Waals surface area contributed by atoms with Crippen LogP contribution in [0.2, 0.25) is 0 Å². The number of nitrogens with one attached hydrogen (secondary N) is 3. The van der Waals surface area contributed by atoms with Crippen LogP contribution in [0.5, 0.6) is 0 Å². The lowest BCUT2D eigenvalue weighted by molar-refractivity contribution is -0.116. The third-order valence-electron chi connectivity index (χ3n) is 3.64. The van der Waals surface area contributed by atoms with Crippen molar-refractivity contribution in [2.45, 2.75) is 26.7 Å². The normalized spacial score (nSPS) is 10.9. The third-order valence-corrected chi connectivity index (χ3v) is 5.11. The van der Waals surface area contributed by atoms with Gasteiger partial charge in [0.25, 0.3) is 0 Å². The minimum atomic E-state index is -0.0348. The molecule has 3 N–H and O–H groups in total. The van der Waals surface area contributed by atoms with Crippen molar-refractivity contribution in [1.82, 2.24) is 15.6 Å². The first-order valence-electron chi connectivity index (χ1n) is 8.39. The van der Waals surface area contributed by atoms with Crippen molar-refractivity contribution in [3.05, 3.63) is 44.3 Å². The molecule has 2 rings (SSSR count). The Labute approximate surface area is 189 Å². The van der Waals surface area contributed by atoms with Crippen molar-refractivity contribution in [3.63, 3.8) is 0 Å². The van der Waals surface area contributed by atoms with Crippen LogP contribution < -0.4 is 16.0 Å². The van der Waals surface area contributed by atoms with Crippen LogP contribution in [0.1, 0.15) is 21.9 Å². The molecular weight excluding hydrogens is 541 g/mol. The molecule has 9 heteroatoms. The number of halogens is 2. The van der Waals surface area contributed by atoms with Crippen molar-refractivity contribution in [2.75, 3.05) is 25.5 Å². The summed E-state index contributed by atoms with van der Waals surface area (Å²) in [5.74, 6) is 0.650. The summed E-state index contributed by atoms with van der Waals surface area (Å²) in [6.45, 7) is 5.27. The molecule has 0 fully saturated rings. The molecule has 0 unspecified atom stereocenters. The Bertz CT molecular complexity index is 781. The van der Waals surface area contributed by atoms with E-state index >= 15 is 0 Å². The number of thiazole rings is 1. The first-order valence-corrected chi connectivity index (χ1v) is 10.0. The second kappa shape index (κ2) is 12.3. The van der Waals surface area contributed by atoms with Gasteiger partial charge in [-0.25, -0.2) is 4.98 Å². The summed E-state index contributed by atoms with van der Waals surface area (Å²) in [7, 11) is 1.72. The molecule has 148 valence electrons. The summed E-state index contributed by atoms with van der Waals surface area (Å²) in [6, 6.07) is 5.82. The summed E-state index contributed by atoms with van der Waals surface area (Å²) < 4.78 is 0.941. The zero-order valence-electron chi connectivity index (χ0n) is 15.6. The Hall–Kier alpha value is -1.20. The summed E-state index contributed by atoms with van der Waals surface area (Å²) in [5.41, 5.74) is 1.86. The summed E-state index contributed by atoms with van der Waals surface area (Å²) in [4.78, 5) is 21.8. The molecule has 1 heterocycles. The van der Waals surface area contributed by atoms with Gasteiger partial charge in [0.05, 0.1) is 5.01 Å². The van der Waals surface area contributed by atoms with Gasteiger partial charge in [0, 0.05) is 54.2 Å². The van der Waals surface area contributed by atoms with E-state index in [1.165, 1.54) is 4.88 Å². The lowest BCUT2D eigenvalue weighted by Gasteiger charge is -2.12. The average Bonchev–Trinajstić information content (AvgIpc) is 3.02. The fraction of sp³-hybridized carbons (Fsp3) is 0.389. The molecule has 2 aromatic rings. The number of aromatic nitrogens is 1. The molecule has 0 aliphatic rings. The molecule has 1 aromatic heterocycles. The van der Waals surface area contributed by atoms with E-state index in [0.29, 0.717) is 18.9 Å². The maximum Gasteiger partial charge on any atom is 0.226 e. The number of aryl methyl sites for hydroxylation is 2.